The van der Waals surface area contributed by atoms with E-state index in [4.69, 9.17) is 4.42 Å². The average Bonchev–Trinajstić information content (AvgIpc) is 3.42. The second-order valence-corrected chi connectivity index (χ2v) is 11.6. The van der Waals surface area contributed by atoms with Crippen LogP contribution in [0.1, 0.15) is 0 Å². The highest BCUT2D eigenvalue weighted by Crippen LogP contribution is 2.49. The summed E-state index contributed by atoms with van der Waals surface area (Å²) in [5, 5.41) is 7.69. The average molecular weight is 517 g/mol. The molecule has 3 aliphatic heterocycles. The molecule has 41 heavy (non-hydrogen) atoms. The zero-order valence-electron chi connectivity index (χ0n) is 22.0. The number of rotatable bonds is 1. The van der Waals surface area contributed by atoms with Gasteiger partial charge in [0.25, 0.3) is 0 Å². The summed E-state index contributed by atoms with van der Waals surface area (Å²) < 4.78 is 6.38. The van der Waals surface area contributed by atoms with Crippen molar-refractivity contribution in [2.24, 2.45) is 0 Å². The Balaban J connectivity index is 1.39. The fraction of sp³-hybridized carbons (Fsp3) is 0. The maximum atomic E-state index is 6.38. The molecule has 0 spiro atoms. The maximum Gasteiger partial charge on any atom is 0.249 e. The molecule has 3 aliphatic rings. The van der Waals surface area contributed by atoms with Crippen LogP contribution in [0, 0.1) is 0 Å². The second-order valence-electron chi connectivity index (χ2n) is 11.6. The summed E-state index contributed by atoms with van der Waals surface area (Å²) in [7, 11) is 0. The van der Waals surface area contributed by atoms with Crippen molar-refractivity contribution < 1.29 is 4.42 Å². The van der Waals surface area contributed by atoms with E-state index in [0.29, 0.717) is 0 Å². The third-order valence-corrected chi connectivity index (χ3v) is 9.78. The van der Waals surface area contributed by atoms with Crippen LogP contribution in [0.2, 0.25) is 0 Å². The van der Waals surface area contributed by atoms with Gasteiger partial charge >= 0.3 is 0 Å². The van der Waals surface area contributed by atoms with E-state index in [2.05, 4.69) is 126 Å². The number of fused-ring (bicyclic) bond motifs is 5. The van der Waals surface area contributed by atoms with Crippen LogP contribution >= 0.6 is 0 Å². The molecule has 0 fully saturated rings. The van der Waals surface area contributed by atoms with Crippen molar-refractivity contribution in [1.82, 2.24) is 0 Å². The van der Waals surface area contributed by atoms with Crippen LogP contribution in [0.15, 0.2) is 126 Å². The fourth-order valence-electron chi connectivity index (χ4n) is 8.33. The summed E-state index contributed by atoms with van der Waals surface area (Å²) in [5.41, 5.74) is 15.3. The van der Waals surface area contributed by atoms with E-state index in [1.54, 1.807) is 0 Å². The fourth-order valence-corrected chi connectivity index (χ4v) is 8.33. The predicted octanol–water partition coefficient (Wildman–Crippen LogP) is 8.15. The van der Waals surface area contributed by atoms with Crippen molar-refractivity contribution >= 4 is 83.6 Å². The van der Waals surface area contributed by atoms with Gasteiger partial charge in [0.1, 0.15) is 11.2 Å². The summed E-state index contributed by atoms with van der Waals surface area (Å²) in [6.45, 7) is 0.194. The third-order valence-electron chi connectivity index (χ3n) is 9.78. The molecule has 4 heterocycles. The molecule has 0 amide bonds. The zero-order valence-corrected chi connectivity index (χ0v) is 22.0. The number of nitrogens with zero attached hydrogens (tertiary/aromatic N) is 1. The highest BCUT2D eigenvalue weighted by Gasteiger charge is 2.45. The first-order valence-corrected chi connectivity index (χ1v) is 14.3. The highest BCUT2D eigenvalue weighted by atomic mass is 16.3. The number of para-hydroxylation sites is 1. The molecule has 0 radical (unpaired) electrons. The van der Waals surface area contributed by atoms with Crippen LogP contribution in [-0.2, 0) is 0 Å². The summed E-state index contributed by atoms with van der Waals surface area (Å²) in [4.78, 5) is 2.52. The first-order chi connectivity index (χ1) is 20.4. The van der Waals surface area contributed by atoms with Gasteiger partial charge in [0.15, 0.2) is 0 Å². The van der Waals surface area contributed by atoms with Gasteiger partial charge in [-0.3, -0.25) is 0 Å². The SMILES string of the molecule is c1cc2c3c(c1)-c1cccc4ccc5c(c14)B3c1c(ccc3cccc-2c13)N5c1cccc2oc3ccccc3c12. The van der Waals surface area contributed by atoms with Gasteiger partial charge in [0.2, 0.25) is 6.71 Å². The monoisotopic (exact) mass is 517 g/mol. The van der Waals surface area contributed by atoms with E-state index in [1.807, 2.05) is 0 Å². The molecule has 2 nitrogen and oxygen atoms in total. The minimum Gasteiger partial charge on any atom is -0.456 e. The molecule has 0 atom stereocenters. The molecule has 186 valence electrons. The Labute approximate surface area is 236 Å². The van der Waals surface area contributed by atoms with E-state index in [9.17, 15) is 0 Å². The van der Waals surface area contributed by atoms with Crippen LogP contribution in [0.3, 0.4) is 0 Å². The smallest absolute Gasteiger partial charge is 0.249 e. The first-order valence-electron chi connectivity index (χ1n) is 14.3. The molecular weight excluding hydrogens is 497 g/mol. The van der Waals surface area contributed by atoms with Gasteiger partial charge in [-0.05, 0) is 85.1 Å². The number of anilines is 3. The molecular formula is C38H20BNO. The van der Waals surface area contributed by atoms with Crippen molar-refractivity contribution in [2.75, 3.05) is 4.90 Å². The van der Waals surface area contributed by atoms with Crippen molar-refractivity contribution in [3.05, 3.63) is 121 Å². The standard InChI is InChI=1S/C38H20BNO/c1-2-15-31-27(9-1)35-28(14-6-16-32(35)41-31)40-29-19-17-21-7-3-10-23-25-12-5-13-26-24-11-4-8-22-18-20-30(40)38(34(22)24)39(36(25)26)37(29)33(21)23/h1-20H. The summed E-state index contributed by atoms with van der Waals surface area (Å²) in [5.74, 6) is 0. The molecule has 0 unspecified atom stereocenters. The Bertz CT molecular complexity index is 2390. The lowest BCUT2D eigenvalue weighted by Gasteiger charge is -2.43. The van der Waals surface area contributed by atoms with E-state index >= 15 is 0 Å². The topological polar surface area (TPSA) is 16.4 Å². The maximum absolute atomic E-state index is 6.38. The number of hydrogen-bond acceptors (Lipinski definition) is 2. The van der Waals surface area contributed by atoms with Crippen LogP contribution < -0.4 is 21.3 Å². The van der Waals surface area contributed by atoms with Gasteiger partial charge in [-0.1, -0.05) is 96.5 Å². The largest absolute Gasteiger partial charge is 0.456 e. The quantitative estimate of drug-likeness (QED) is 0.204. The Hall–Kier alpha value is -5.28. The minimum absolute atomic E-state index is 0.194. The number of benzene rings is 7. The summed E-state index contributed by atoms with van der Waals surface area (Å²) >= 11 is 0. The van der Waals surface area contributed by atoms with E-state index < -0.39 is 0 Å². The molecule has 0 N–H and O–H groups in total. The van der Waals surface area contributed by atoms with Gasteiger partial charge < -0.3 is 9.32 Å². The van der Waals surface area contributed by atoms with Gasteiger partial charge in [-0.15, -0.1) is 0 Å². The number of hydrogen-bond donors (Lipinski definition) is 0. The molecule has 1 aromatic heterocycles. The van der Waals surface area contributed by atoms with E-state index in [-0.39, 0.29) is 6.71 Å². The van der Waals surface area contributed by atoms with Crippen molar-refractivity contribution in [3.63, 3.8) is 0 Å². The van der Waals surface area contributed by atoms with Crippen molar-refractivity contribution in [1.29, 1.82) is 0 Å². The lowest BCUT2D eigenvalue weighted by molar-refractivity contribution is 0.669. The van der Waals surface area contributed by atoms with Crippen molar-refractivity contribution in [3.8, 4) is 22.3 Å². The van der Waals surface area contributed by atoms with Gasteiger partial charge in [0.05, 0.1) is 11.1 Å². The normalized spacial score (nSPS) is 13.8. The molecule has 3 heteroatoms. The van der Waals surface area contributed by atoms with Gasteiger partial charge in [-0.25, -0.2) is 0 Å². The summed E-state index contributed by atoms with van der Waals surface area (Å²) in [6, 6.07) is 44.8. The Morgan fingerprint density at radius 3 is 1.71 bits per heavy atom. The predicted molar refractivity (Wildman–Crippen MR) is 173 cm³/mol. The summed E-state index contributed by atoms with van der Waals surface area (Å²) in [6.07, 6.45) is 0. The molecule has 0 aliphatic carbocycles. The Kier molecular flexibility index (Phi) is 3.46. The Morgan fingerprint density at radius 2 is 1.00 bits per heavy atom. The molecule has 0 saturated carbocycles. The van der Waals surface area contributed by atoms with Gasteiger partial charge in [-0.2, -0.15) is 0 Å². The lowest BCUT2D eigenvalue weighted by Crippen LogP contribution is -2.61. The molecule has 0 saturated heterocycles. The minimum atomic E-state index is 0.194. The third kappa shape index (κ3) is 2.28. The molecule has 7 aromatic carbocycles. The Morgan fingerprint density at radius 1 is 0.415 bits per heavy atom. The van der Waals surface area contributed by atoms with Gasteiger partial charge in [0, 0.05) is 16.8 Å². The van der Waals surface area contributed by atoms with E-state index in [0.717, 1.165) is 27.6 Å². The van der Waals surface area contributed by atoms with E-state index in [1.165, 1.54) is 71.6 Å². The molecule has 0 bridgehead atoms. The molecule has 11 rings (SSSR count). The zero-order chi connectivity index (χ0) is 26.4. The first kappa shape index (κ1) is 20.6. The van der Waals surface area contributed by atoms with Crippen LogP contribution in [-0.4, -0.2) is 6.71 Å². The van der Waals surface area contributed by atoms with Crippen LogP contribution in [0.4, 0.5) is 17.1 Å². The number of furan rings is 1. The lowest BCUT2D eigenvalue weighted by atomic mass is 9.29. The van der Waals surface area contributed by atoms with Crippen LogP contribution in [0.25, 0.3) is 65.7 Å². The second kappa shape index (κ2) is 6.89. The molecule has 8 aromatic rings. The van der Waals surface area contributed by atoms with Crippen molar-refractivity contribution in [2.45, 2.75) is 0 Å². The highest BCUT2D eigenvalue weighted by molar-refractivity contribution is 7.03. The van der Waals surface area contributed by atoms with Crippen LogP contribution in [0.5, 0.6) is 0 Å².